The molecule has 0 radical (unpaired) electrons. The molecule has 1 aliphatic heterocycles. The van der Waals surface area contributed by atoms with E-state index in [1.54, 1.807) is 6.20 Å². The van der Waals surface area contributed by atoms with Gasteiger partial charge in [0.05, 0.1) is 13.2 Å². The fraction of sp³-hybridized carbons (Fsp3) is 0.412. The Morgan fingerprint density at radius 1 is 1.13 bits per heavy atom. The number of hydrogen-bond donors (Lipinski definition) is 0. The van der Waals surface area contributed by atoms with Gasteiger partial charge in [0.2, 0.25) is 5.28 Å². The van der Waals surface area contributed by atoms with Crippen molar-refractivity contribution in [1.29, 1.82) is 0 Å². The van der Waals surface area contributed by atoms with Crippen molar-refractivity contribution in [3.63, 3.8) is 0 Å². The summed E-state index contributed by atoms with van der Waals surface area (Å²) >= 11 is 5.96. The normalized spacial score (nSPS) is 15.5. The van der Waals surface area contributed by atoms with Gasteiger partial charge in [-0.1, -0.05) is 18.2 Å². The fourth-order valence-electron chi connectivity index (χ4n) is 2.74. The first-order valence-corrected chi connectivity index (χ1v) is 8.32. The molecule has 0 aliphatic carbocycles. The molecule has 1 aromatic heterocycles. The van der Waals surface area contributed by atoms with Crippen molar-refractivity contribution in [2.75, 3.05) is 44.3 Å². The zero-order valence-corrected chi connectivity index (χ0v) is 13.8. The minimum atomic E-state index is 0.275. The second-order valence-corrected chi connectivity index (χ2v) is 5.82. The molecule has 2 aromatic rings. The van der Waals surface area contributed by atoms with Gasteiger partial charge in [0, 0.05) is 38.1 Å². The number of hydrogen-bond acceptors (Lipinski definition) is 5. The first-order chi connectivity index (χ1) is 11.3. The number of ether oxygens (including phenoxy) is 1. The van der Waals surface area contributed by atoms with Gasteiger partial charge >= 0.3 is 0 Å². The van der Waals surface area contributed by atoms with Crippen molar-refractivity contribution in [1.82, 2.24) is 14.9 Å². The number of morpholine rings is 1. The zero-order chi connectivity index (χ0) is 15.9. The molecule has 23 heavy (non-hydrogen) atoms. The third-order valence-electron chi connectivity index (χ3n) is 3.92. The van der Waals surface area contributed by atoms with Crippen LogP contribution in [0.1, 0.15) is 6.42 Å². The fourth-order valence-corrected chi connectivity index (χ4v) is 2.88. The Bertz CT molecular complexity index is 605. The third-order valence-corrected chi connectivity index (χ3v) is 4.10. The molecule has 3 rings (SSSR count). The SMILES string of the molecule is Clc1nccc(N(CCCN2CCOCC2)c2ccccc2)n1. The van der Waals surface area contributed by atoms with Crippen LogP contribution in [-0.4, -0.2) is 54.3 Å². The van der Waals surface area contributed by atoms with E-state index in [0.29, 0.717) is 0 Å². The summed E-state index contributed by atoms with van der Waals surface area (Å²) < 4.78 is 5.40. The molecule has 122 valence electrons. The average Bonchev–Trinajstić information content (AvgIpc) is 2.60. The Labute approximate surface area is 141 Å². The quantitative estimate of drug-likeness (QED) is 0.761. The molecular weight excluding hydrogens is 312 g/mol. The van der Waals surface area contributed by atoms with Crippen molar-refractivity contribution in [3.05, 3.63) is 47.9 Å². The zero-order valence-electron chi connectivity index (χ0n) is 13.1. The van der Waals surface area contributed by atoms with Crippen LogP contribution in [0.25, 0.3) is 0 Å². The number of anilines is 2. The topological polar surface area (TPSA) is 41.5 Å². The molecule has 6 heteroatoms. The summed E-state index contributed by atoms with van der Waals surface area (Å²) in [7, 11) is 0. The maximum absolute atomic E-state index is 5.96. The lowest BCUT2D eigenvalue weighted by Gasteiger charge is -2.28. The van der Waals surface area contributed by atoms with Crippen LogP contribution in [0, 0.1) is 0 Å². The molecular formula is C17H21ClN4O. The van der Waals surface area contributed by atoms with E-state index in [9.17, 15) is 0 Å². The van der Waals surface area contributed by atoms with Crippen LogP contribution in [0.3, 0.4) is 0 Å². The molecule has 0 atom stereocenters. The van der Waals surface area contributed by atoms with E-state index in [-0.39, 0.29) is 5.28 Å². The summed E-state index contributed by atoms with van der Waals surface area (Å²) in [6.45, 7) is 5.66. The van der Waals surface area contributed by atoms with E-state index in [2.05, 4.69) is 31.9 Å². The Morgan fingerprint density at radius 2 is 1.91 bits per heavy atom. The first-order valence-electron chi connectivity index (χ1n) is 7.94. The van der Waals surface area contributed by atoms with E-state index in [1.807, 2.05) is 24.3 Å². The molecule has 1 aromatic carbocycles. The summed E-state index contributed by atoms with van der Waals surface area (Å²) in [5.74, 6) is 0.832. The summed E-state index contributed by atoms with van der Waals surface area (Å²) in [6, 6.07) is 12.2. The van der Waals surface area contributed by atoms with E-state index in [1.165, 1.54) is 0 Å². The highest BCUT2D eigenvalue weighted by molar-refractivity contribution is 6.28. The van der Waals surface area contributed by atoms with Crippen molar-refractivity contribution in [2.45, 2.75) is 6.42 Å². The Kier molecular flexibility index (Phi) is 5.80. The number of aromatic nitrogens is 2. The molecule has 1 fully saturated rings. The predicted octanol–water partition coefficient (Wildman–Crippen LogP) is 2.99. The molecule has 5 nitrogen and oxygen atoms in total. The molecule has 1 aliphatic rings. The molecule has 0 N–H and O–H groups in total. The Balaban J connectivity index is 1.68. The highest BCUT2D eigenvalue weighted by atomic mass is 35.5. The van der Waals surface area contributed by atoms with Gasteiger partial charge in [-0.2, -0.15) is 0 Å². The van der Waals surface area contributed by atoms with Crippen LogP contribution < -0.4 is 4.90 Å². The number of rotatable bonds is 6. The summed E-state index contributed by atoms with van der Waals surface area (Å²) in [5, 5.41) is 0.275. The van der Waals surface area contributed by atoms with Crippen molar-refractivity contribution < 1.29 is 4.74 Å². The van der Waals surface area contributed by atoms with Gasteiger partial charge in [0.15, 0.2) is 0 Å². The van der Waals surface area contributed by atoms with Gasteiger partial charge in [0.25, 0.3) is 0 Å². The molecule has 1 saturated heterocycles. The monoisotopic (exact) mass is 332 g/mol. The van der Waals surface area contributed by atoms with Gasteiger partial charge in [-0.05, 0) is 36.2 Å². The second-order valence-electron chi connectivity index (χ2n) is 5.48. The highest BCUT2D eigenvalue weighted by Gasteiger charge is 2.14. The maximum Gasteiger partial charge on any atom is 0.224 e. The molecule has 0 saturated carbocycles. The highest BCUT2D eigenvalue weighted by Crippen LogP contribution is 2.24. The van der Waals surface area contributed by atoms with Crippen molar-refractivity contribution in [3.8, 4) is 0 Å². The molecule has 0 amide bonds. The lowest BCUT2D eigenvalue weighted by Crippen LogP contribution is -2.37. The first kappa shape index (κ1) is 16.2. The number of para-hydroxylation sites is 1. The van der Waals surface area contributed by atoms with Crippen LogP contribution in [0.4, 0.5) is 11.5 Å². The smallest absolute Gasteiger partial charge is 0.224 e. The predicted molar refractivity (Wildman–Crippen MR) is 92.4 cm³/mol. The van der Waals surface area contributed by atoms with E-state index >= 15 is 0 Å². The van der Waals surface area contributed by atoms with Crippen LogP contribution in [0.2, 0.25) is 5.28 Å². The summed E-state index contributed by atoms with van der Waals surface area (Å²) in [4.78, 5) is 13.0. The van der Waals surface area contributed by atoms with Gasteiger partial charge in [0.1, 0.15) is 5.82 Å². The minimum Gasteiger partial charge on any atom is -0.379 e. The van der Waals surface area contributed by atoms with Crippen LogP contribution >= 0.6 is 11.6 Å². The van der Waals surface area contributed by atoms with Crippen molar-refractivity contribution in [2.24, 2.45) is 0 Å². The van der Waals surface area contributed by atoms with Crippen LogP contribution in [-0.2, 0) is 4.74 Å². The molecule has 0 spiro atoms. The lowest BCUT2D eigenvalue weighted by atomic mass is 10.2. The molecule has 0 bridgehead atoms. The summed E-state index contributed by atoms with van der Waals surface area (Å²) in [6.07, 6.45) is 2.75. The van der Waals surface area contributed by atoms with Gasteiger partial charge in [-0.15, -0.1) is 0 Å². The third kappa shape index (κ3) is 4.64. The second kappa shape index (κ2) is 8.24. The number of halogens is 1. The average molecular weight is 333 g/mol. The minimum absolute atomic E-state index is 0.275. The standard InChI is InChI=1S/C17H21ClN4O/c18-17-19-8-7-16(20-17)22(15-5-2-1-3-6-15)10-4-9-21-11-13-23-14-12-21/h1-3,5-8H,4,9-14H2. The Hall–Kier alpha value is -1.69. The van der Waals surface area contributed by atoms with Crippen LogP contribution in [0.15, 0.2) is 42.6 Å². The van der Waals surface area contributed by atoms with E-state index < -0.39 is 0 Å². The van der Waals surface area contributed by atoms with Crippen LogP contribution in [0.5, 0.6) is 0 Å². The molecule has 2 heterocycles. The maximum atomic E-state index is 5.96. The van der Waals surface area contributed by atoms with Gasteiger partial charge in [-0.25, -0.2) is 9.97 Å². The lowest BCUT2D eigenvalue weighted by molar-refractivity contribution is 0.0377. The number of benzene rings is 1. The van der Waals surface area contributed by atoms with E-state index in [0.717, 1.165) is 57.3 Å². The number of nitrogens with zero attached hydrogens (tertiary/aromatic N) is 4. The van der Waals surface area contributed by atoms with E-state index in [4.69, 9.17) is 16.3 Å². The Morgan fingerprint density at radius 3 is 2.65 bits per heavy atom. The van der Waals surface area contributed by atoms with Gasteiger partial charge < -0.3 is 9.64 Å². The molecule has 0 unspecified atom stereocenters. The van der Waals surface area contributed by atoms with Crippen molar-refractivity contribution >= 4 is 23.1 Å². The van der Waals surface area contributed by atoms with Gasteiger partial charge in [-0.3, -0.25) is 4.90 Å². The summed E-state index contributed by atoms with van der Waals surface area (Å²) in [5.41, 5.74) is 1.12. The largest absolute Gasteiger partial charge is 0.379 e.